The molecule has 1 amide bonds. The van der Waals surface area contributed by atoms with E-state index in [-0.39, 0.29) is 12.3 Å². The number of carbonyl (C=O) groups is 2. The molecule has 4 heteroatoms. The first-order valence-electron chi connectivity index (χ1n) is 2.63. The highest BCUT2D eigenvalue weighted by Gasteiger charge is 1.97. The average Bonchev–Trinajstić information content (AvgIpc) is 1.83. The fourth-order valence-corrected chi connectivity index (χ4v) is 0.201. The first kappa shape index (κ1) is 7.94. The molecule has 0 aliphatic heterocycles. The summed E-state index contributed by atoms with van der Waals surface area (Å²) >= 11 is 0. The van der Waals surface area contributed by atoms with Crippen molar-refractivity contribution in [3.63, 3.8) is 0 Å². The van der Waals surface area contributed by atoms with Gasteiger partial charge in [0.15, 0.2) is 0 Å². The zero-order valence-electron chi connectivity index (χ0n) is 5.43. The number of hydrogen-bond donors (Lipinski definition) is 1. The summed E-state index contributed by atoms with van der Waals surface area (Å²) < 4.78 is 0. The van der Waals surface area contributed by atoms with Gasteiger partial charge in [-0.15, -0.1) is 0 Å². The van der Waals surface area contributed by atoms with E-state index in [1.54, 1.807) is 6.92 Å². The van der Waals surface area contributed by atoms with Crippen molar-refractivity contribution in [3.05, 3.63) is 0 Å². The molecule has 4 nitrogen and oxygen atoms in total. The van der Waals surface area contributed by atoms with E-state index >= 15 is 0 Å². The minimum Gasteiger partial charge on any atom is -0.341 e. The Hall–Kier alpha value is -1.06. The molecule has 0 bridgehead atoms. The summed E-state index contributed by atoms with van der Waals surface area (Å²) in [7, 11) is 0. The summed E-state index contributed by atoms with van der Waals surface area (Å²) in [6, 6.07) is 0. The molecule has 0 radical (unpaired) electrons. The van der Waals surface area contributed by atoms with E-state index in [2.05, 4.69) is 4.84 Å². The molecule has 0 unspecified atom stereocenters. The van der Waals surface area contributed by atoms with E-state index in [0.717, 1.165) is 0 Å². The van der Waals surface area contributed by atoms with Crippen LogP contribution in [0.4, 0.5) is 0 Å². The monoisotopic (exact) mass is 131 g/mol. The van der Waals surface area contributed by atoms with Gasteiger partial charge in [-0.25, -0.2) is 4.79 Å². The van der Waals surface area contributed by atoms with Crippen LogP contribution in [0.1, 0.15) is 20.3 Å². The van der Waals surface area contributed by atoms with E-state index in [0.29, 0.717) is 0 Å². The molecular weight excluding hydrogens is 122 g/mol. The lowest BCUT2D eigenvalue weighted by Crippen LogP contribution is -2.23. The number of hydrogen-bond acceptors (Lipinski definition) is 3. The van der Waals surface area contributed by atoms with Crippen LogP contribution in [0.15, 0.2) is 0 Å². The van der Waals surface area contributed by atoms with Crippen LogP contribution in [0.3, 0.4) is 0 Å². The molecule has 0 rings (SSSR count). The van der Waals surface area contributed by atoms with Gasteiger partial charge in [-0.1, -0.05) is 6.92 Å². The molecule has 0 heterocycles. The fraction of sp³-hybridized carbons (Fsp3) is 0.600. The largest absolute Gasteiger partial charge is 0.341 e. The summed E-state index contributed by atoms with van der Waals surface area (Å²) in [6.07, 6.45) is 0.264. The zero-order chi connectivity index (χ0) is 7.28. The Labute approximate surface area is 53.1 Å². The van der Waals surface area contributed by atoms with Crippen molar-refractivity contribution in [1.29, 1.82) is 0 Å². The molecule has 0 saturated heterocycles. The second-order valence-electron chi connectivity index (χ2n) is 1.49. The zero-order valence-corrected chi connectivity index (χ0v) is 5.43. The molecule has 0 aromatic rings. The highest BCUT2D eigenvalue weighted by molar-refractivity contribution is 5.75. The van der Waals surface area contributed by atoms with Crippen molar-refractivity contribution < 1.29 is 14.4 Å². The minimum absolute atomic E-state index is 0.264. The molecular formula is C5H9NO3. The molecule has 0 spiro atoms. The van der Waals surface area contributed by atoms with Crippen molar-refractivity contribution in [2.24, 2.45) is 0 Å². The van der Waals surface area contributed by atoms with Crippen molar-refractivity contribution in [2.75, 3.05) is 0 Å². The van der Waals surface area contributed by atoms with Crippen molar-refractivity contribution in [3.8, 4) is 0 Å². The minimum atomic E-state index is -0.440. The fourth-order valence-electron chi connectivity index (χ4n) is 0.201. The standard InChI is InChI=1S/C5H9NO3/c1-3-5(8)9-6-4(2)7/h3H2,1-2H3,(H,6,7). The molecule has 0 aliphatic rings. The summed E-state index contributed by atoms with van der Waals surface area (Å²) in [6.45, 7) is 2.91. The predicted molar refractivity (Wildman–Crippen MR) is 30.2 cm³/mol. The topological polar surface area (TPSA) is 55.4 Å². The van der Waals surface area contributed by atoms with Gasteiger partial charge in [0.2, 0.25) is 5.91 Å². The number of nitrogens with one attached hydrogen (secondary N) is 1. The SMILES string of the molecule is CCC(=O)ONC(C)=O. The molecule has 0 aliphatic carbocycles. The van der Waals surface area contributed by atoms with Gasteiger partial charge < -0.3 is 4.84 Å². The molecule has 52 valence electrons. The lowest BCUT2D eigenvalue weighted by atomic mass is 10.5. The summed E-state index contributed by atoms with van der Waals surface area (Å²) in [5.41, 5.74) is 1.91. The third kappa shape index (κ3) is 4.80. The van der Waals surface area contributed by atoms with Gasteiger partial charge in [0.25, 0.3) is 0 Å². The molecule has 0 saturated carbocycles. The maximum Gasteiger partial charge on any atom is 0.331 e. The first-order chi connectivity index (χ1) is 4.16. The van der Waals surface area contributed by atoms with Gasteiger partial charge in [0.1, 0.15) is 0 Å². The average molecular weight is 131 g/mol. The van der Waals surface area contributed by atoms with Gasteiger partial charge in [0.05, 0.1) is 0 Å². The number of amides is 1. The Balaban J connectivity index is 3.28. The van der Waals surface area contributed by atoms with Gasteiger partial charge in [-0.3, -0.25) is 4.79 Å². The van der Waals surface area contributed by atoms with Gasteiger partial charge in [-0.05, 0) is 0 Å². The van der Waals surface area contributed by atoms with Gasteiger partial charge >= 0.3 is 5.97 Å². The Morgan fingerprint density at radius 1 is 1.56 bits per heavy atom. The van der Waals surface area contributed by atoms with Crippen LogP contribution in [-0.4, -0.2) is 11.9 Å². The number of carbonyl (C=O) groups excluding carboxylic acids is 2. The quantitative estimate of drug-likeness (QED) is 0.509. The number of hydroxylamine groups is 1. The van der Waals surface area contributed by atoms with Crippen LogP contribution in [0.5, 0.6) is 0 Å². The van der Waals surface area contributed by atoms with Gasteiger partial charge in [0, 0.05) is 13.3 Å². The third-order valence-corrected chi connectivity index (χ3v) is 0.597. The highest BCUT2D eigenvalue weighted by Crippen LogP contribution is 1.78. The van der Waals surface area contributed by atoms with Crippen LogP contribution in [0.25, 0.3) is 0 Å². The maximum atomic E-state index is 10.3. The third-order valence-electron chi connectivity index (χ3n) is 0.597. The maximum absolute atomic E-state index is 10.3. The Morgan fingerprint density at radius 2 is 2.11 bits per heavy atom. The Bertz CT molecular complexity index is 121. The van der Waals surface area contributed by atoms with E-state index in [1.165, 1.54) is 6.92 Å². The molecule has 0 atom stereocenters. The summed E-state index contributed by atoms with van der Waals surface area (Å²) in [4.78, 5) is 24.6. The predicted octanol–water partition coefficient (Wildman–Crippen LogP) is -0.00930. The van der Waals surface area contributed by atoms with Gasteiger partial charge in [-0.2, -0.15) is 5.48 Å². The second kappa shape index (κ2) is 3.88. The smallest absolute Gasteiger partial charge is 0.331 e. The molecule has 1 N–H and O–H groups in total. The van der Waals surface area contributed by atoms with Crippen molar-refractivity contribution in [1.82, 2.24) is 5.48 Å². The first-order valence-corrected chi connectivity index (χ1v) is 2.63. The number of rotatable bonds is 1. The van der Waals surface area contributed by atoms with E-state index in [1.807, 2.05) is 5.48 Å². The highest BCUT2D eigenvalue weighted by atomic mass is 16.7. The normalized spacial score (nSPS) is 8.22. The second-order valence-corrected chi connectivity index (χ2v) is 1.49. The van der Waals surface area contributed by atoms with Crippen LogP contribution in [0, 0.1) is 0 Å². The van der Waals surface area contributed by atoms with E-state index in [4.69, 9.17) is 0 Å². The van der Waals surface area contributed by atoms with Crippen molar-refractivity contribution in [2.45, 2.75) is 20.3 Å². The lowest BCUT2D eigenvalue weighted by molar-refractivity contribution is -0.157. The van der Waals surface area contributed by atoms with Crippen LogP contribution < -0.4 is 5.48 Å². The molecule has 0 aromatic heterocycles. The lowest BCUT2D eigenvalue weighted by Gasteiger charge is -1.98. The molecule has 0 fully saturated rings. The Kier molecular flexibility index (Phi) is 3.43. The van der Waals surface area contributed by atoms with Crippen molar-refractivity contribution >= 4 is 11.9 Å². The summed E-state index contributed by atoms with van der Waals surface area (Å²) in [5.74, 6) is -0.818. The van der Waals surface area contributed by atoms with E-state index in [9.17, 15) is 9.59 Å². The molecule has 9 heavy (non-hydrogen) atoms. The van der Waals surface area contributed by atoms with Crippen LogP contribution >= 0.6 is 0 Å². The van der Waals surface area contributed by atoms with E-state index < -0.39 is 5.97 Å². The summed E-state index contributed by atoms with van der Waals surface area (Å²) in [5, 5.41) is 0. The van der Waals surface area contributed by atoms with Crippen LogP contribution in [-0.2, 0) is 14.4 Å². The molecule has 0 aromatic carbocycles. The Morgan fingerprint density at radius 3 is 2.44 bits per heavy atom. The van der Waals surface area contributed by atoms with Crippen LogP contribution in [0.2, 0.25) is 0 Å².